The predicted octanol–water partition coefficient (Wildman–Crippen LogP) is 3.42. The van der Waals surface area contributed by atoms with E-state index >= 15 is 0 Å². The second kappa shape index (κ2) is 10.9. The molecule has 4 aromatic rings. The van der Waals surface area contributed by atoms with Crippen LogP contribution in [0.3, 0.4) is 0 Å². The van der Waals surface area contributed by atoms with Gasteiger partial charge in [-0.1, -0.05) is 0 Å². The molecule has 0 bridgehead atoms. The third-order valence-corrected chi connectivity index (χ3v) is 8.67. The van der Waals surface area contributed by atoms with Crippen LogP contribution in [0, 0.1) is 5.92 Å². The Morgan fingerprint density at radius 1 is 1.10 bits per heavy atom. The van der Waals surface area contributed by atoms with Crippen molar-refractivity contribution < 1.29 is 18.5 Å². The zero-order valence-electron chi connectivity index (χ0n) is 23.3. The summed E-state index contributed by atoms with van der Waals surface area (Å²) in [5.41, 5.74) is 9.91. The number of aromatic nitrogens is 4. The molecule has 0 spiro atoms. The fraction of sp³-hybridized carbons (Fsp3) is 0.483. The third-order valence-electron chi connectivity index (χ3n) is 7.92. The Bertz CT molecular complexity index is 1610. The zero-order chi connectivity index (χ0) is 28.0. The molecular weight excluding hydrogens is 528 g/mol. The number of fused-ring (bicyclic) bond motifs is 2. The molecule has 1 aliphatic carbocycles. The van der Waals surface area contributed by atoms with Crippen LogP contribution in [-0.2, 0) is 23.9 Å². The maximum Gasteiger partial charge on any atom is 0.254 e. The molecule has 10 nitrogen and oxygen atoms in total. The normalized spacial score (nSPS) is 18.4. The van der Waals surface area contributed by atoms with Gasteiger partial charge in [-0.25, -0.2) is 4.98 Å². The molecule has 2 aliphatic rings. The molecule has 6 rings (SSSR count). The number of carbonyl (C=O) groups excluding carboxylic acids is 1. The van der Waals surface area contributed by atoms with Gasteiger partial charge in [0.1, 0.15) is 16.9 Å². The second-order valence-electron chi connectivity index (χ2n) is 10.9. The summed E-state index contributed by atoms with van der Waals surface area (Å²) in [6.45, 7) is 2.55. The van der Waals surface area contributed by atoms with Crippen LogP contribution < -0.4 is 15.2 Å². The highest BCUT2D eigenvalue weighted by molar-refractivity contribution is 7.84. The van der Waals surface area contributed by atoms with Crippen molar-refractivity contribution in [2.75, 3.05) is 39.3 Å². The number of carbonyl (C=O) groups is 1. The SMILES string of the molecule is COc1ccc2cc(-c3nc4cc(C(=O)N5CCC[C@@H](N)C5)cc(OC)c4n3CC[S@](C)=O)n(CC3CC3)c2n1. The molecule has 2 atom stereocenters. The van der Waals surface area contributed by atoms with Crippen LogP contribution in [-0.4, -0.2) is 79.5 Å². The average molecular weight is 565 g/mol. The molecular formula is C29H36N6O4S. The van der Waals surface area contributed by atoms with Crippen molar-refractivity contribution in [3.8, 4) is 23.1 Å². The summed E-state index contributed by atoms with van der Waals surface area (Å²) in [7, 11) is 2.22. The Kier molecular flexibility index (Phi) is 7.26. The van der Waals surface area contributed by atoms with E-state index in [9.17, 15) is 9.00 Å². The summed E-state index contributed by atoms with van der Waals surface area (Å²) in [5, 5.41) is 0.999. The number of nitrogens with two attached hydrogens (primary N) is 1. The molecule has 0 unspecified atom stereocenters. The van der Waals surface area contributed by atoms with Crippen LogP contribution in [0.15, 0.2) is 30.3 Å². The number of benzene rings is 1. The first-order chi connectivity index (χ1) is 19.4. The summed E-state index contributed by atoms with van der Waals surface area (Å²) in [5.74, 6) is 2.85. The van der Waals surface area contributed by atoms with E-state index in [1.54, 1.807) is 26.5 Å². The highest BCUT2D eigenvalue weighted by atomic mass is 32.2. The van der Waals surface area contributed by atoms with Gasteiger partial charge in [0.15, 0.2) is 5.82 Å². The molecule has 2 N–H and O–H groups in total. The van der Waals surface area contributed by atoms with Crippen LogP contribution in [0.2, 0.25) is 0 Å². The summed E-state index contributed by atoms with van der Waals surface area (Å²) < 4.78 is 27.8. The monoisotopic (exact) mass is 564 g/mol. The maximum atomic E-state index is 13.5. The molecule has 1 aromatic carbocycles. The number of aryl methyl sites for hydroxylation is 1. The highest BCUT2D eigenvalue weighted by Crippen LogP contribution is 2.38. The van der Waals surface area contributed by atoms with E-state index in [0.717, 1.165) is 47.5 Å². The van der Waals surface area contributed by atoms with Gasteiger partial charge in [-0.2, -0.15) is 4.98 Å². The minimum atomic E-state index is -1.01. The van der Waals surface area contributed by atoms with Crippen molar-refractivity contribution in [3.63, 3.8) is 0 Å². The Labute approximate surface area is 235 Å². The Balaban J connectivity index is 1.53. The lowest BCUT2D eigenvalue weighted by atomic mass is 10.0. The first-order valence-electron chi connectivity index (χ1n) is 13.8. The number of piperidine rings is 1. The van der Waals surface area contributed by atoms with Crippen molar-refractivity contribution >= 4 is 38.8 Å². The lowest BCUT2D eigenvalue weighted by Crippen LogP contribution is -2.45. The molecule has 1 aliphatic heterocycles. The highest BCUT2D eigenvalue weighted by Gasteiger charge is 2.29. The van der Waals surface area contributed by atoms with Gasteiger partial charge >= 0.3 is 0 Å². The van der Waals surface area contributed by atoms with E-state index in [1.807, 2.05) is 23.1 Å². The van der Waals surface area contributed by atoms with E-state index in [1.165, 1.54) is 12.8 Å². The summed E-state index contributed by atoms with van der Waals surface area (Å²) in [6, 6.07) is 9.62. The zero-order valence-corrected chi connectivity index (χ0v) is 24.1. The standard InChI is InChI=1S/C29H36N6O4S/c1-38-24-15-20(29(36)33-10-4-5-21(30)17-33)13-22-26(24)34(11-12-40(3)37)28(31-22)23-14-19-8-9-25(39-2)32-27(19)35(23)16-18-6-7-18/h8-9,13-15,18,21H,4-7,10-12,16-17,30H2,1-3H3/t21-,40+/m1/s1. The van der Waals surface area contributed by atoms with E-state index in [-0.39, 0.29) is 11.9 Å². The fourth-order valence-corrected chi connectivity index (χ4v) is 6.11. The number of amides is 1. The summed E-state index contributed by atoms with van der Waals surface area (Å²) in [4.78, 5) is 25.2. The first-order valence-corrected chi connectivity index (χ1v) is 15.6. The quantitative estimate of drug-likeness (QED) is 0.331. The number of ether oxygens (including phenoxy) is 2. The minimum absolute atomic E-state index is 0.00956. The largest absolute Gasteiger partial charge is 0.494 e. The van der Waals surface area contributed by atoms with Crippen molar-refractivity contribution in [2.45, 2.75) is 44.8 Å². The number of methoxy groups -OCH3 is 2. The number of rotatable bonds is 9. The van der Waals surface area contributed by atoms with E-state index in [2.05, 4.69) is 15.2 Å². The van der Waals surface area contributed by atoms with Crippen LogP contribution in [0.1, 0.15) is 36.0 Å². The van der Waals surface area contributed by atoms with Crippen molar-refractivity contribution in [3.05, 3.63) is 35.9 Å². The Morgan fingerprint density at radius 2 is 1.93 bits per heavy atom. The van der Waals surface area contributed by atoms with Gasteiger partial charge in [-0.15, -0.1) is 0 Å². The summed E-state index contributed by atoms with van der Waals surface area (Å²) in [6.07, 6.45) is 5.90. The van der Waals surface area contributed by atoms with Gasteiger partial charge in [-0.05, 0) is 55.9 Å². The smallest absolute Gasteiger partial charge is 0.254 e. The molecule has 3 aromatic heterocycles. The van der Waals surface area contributed by atoms with Crippen molar-refractivity contribution in [1.82, 2.24) is 24.0 Å². The van der Waals surface area contributed by atoms with Crippen molar-refractivity contribution in [2.24, 2.45) is 11.7 Å². The average Bonchev–Trinajstić information content (AvgIpc) is 3.60. The molecule has 2 fully saturated rings. The second-order valence-corrected chi connectivity index (χ2v) is 12.5. The van der Waals surface area contributed by atoms with E-state index in [4.69, 9.17) is 25.2 Å². The van der Waals surface area contributed by atoms with Gasteiger partial charge < -0.3 is 29.2 Å². The third kappa shape index (κ3) is 5.08. The molecule has 212 valence electrons. The topological polar surface area (TPSA) is 118 Å². The molecule has 1 saturated carbocycles. The fourth-order valence-electron chi connectivity index (χ4n) is 5.67. The lowest BCUT2D eigenvalue weighted by molar-refractivity contribution is 0.0708. The van der Waals surface area contributed by atoms with Gasteiger partial charge in [-0.3, -0.25) is 9.00 Å². The number of hydrogen-bond acceptors (Lipinski definition) is 7. The Hall–Kier alpha value is -3.44. The first kappa shape index (κ1) is 26.8. The van der Waals surface area contributed by atoms with E-state index in [0.29, 0.717) is 54.0 Å². The van der Waals surface area contributed by atoms with Gasteiger partial charge in [0.05, 0.1) is 25.4 Å². The molecule has 1 amide bonds. The number of imidazole rings is 1. The van der Waals surface area contributed by atoms with Crippen LogP contribution in [0.5, 0.6) is 11.6 Å². The number of hydrogen-bond donors (Lipinski definition) is 1. The summed E-state index contributed by atoms with van der Waals surface area (Å²) >= 11 is 0. The van der Waals surface area contributed by atoms with E-state index < -0.39 is 10.8 Å². The van der Waals surface area contributed by atoms with Crippen LogP contribution in [0.25, 0.3) is 33.6 Å². The van der Waals surface area contributed by atoms with Crippen LogP contribution >= 0.6 is 0 Å². The molecule has 4 heterocycles. The minimum Gasteiger partial charge on any atom is -0.494 e. The molecule has 0 radical (unpaired) electrons. The van der Waals surface area contributed by atoms with Gasteiger partial charge in [0, 0.05) is 72.0 Å². The number of pyridine rings is 1. The lowest BCUT2D eigenvalue weighted by Gasteiger charge is -2.30. The van der Waals surface area contributed by atoms with Crippen molar-refractivity contribution in [1.29, 1.82) is 0 Å². The van der Waals surface area contributed by atoms with Crippen LogP contribution in [0.4, 0.5) is 0 Å². The molecule has 40 heavy (non-hydrogen) atoms. The number of nitrogens with zero attached hydrogens (tertiary/aromatic N) is 5. The molecule has 11 heteroatoms. The van der Waals surface area contributed by atoms with Gasteiger partial charge in [0.25, 0.3) is 5.91 Å². The maximum absolute atomic E-state index is 13.5. The predicted molar refractivity (Wildman–Crippen MR) is 156 cm³/mol. The molecule has 1 saturated heterocycles. The number of likely N-dealkylation sites (tertiary alicyclic amines) is 1. The van der Waals surface area contributed by atoms with Gasteiger partial charge in [0.2, 0.25) is 5.88 Å². The Morgan fingerprint density at radius 3 is 2.62 bits per heavy atom.